The number of piperazine rings is 1. The molecular weight excluding hydrogens is 621 g/mol. The van der Waals surface area contributed by atoms with Crippen molar-refractivity contribution in [3.63, 3.8) is 0 Å². The molecule has 1 amide bonds. The number of carbonyl (C=O) groups is 1. The van der Waals surface area contributed by atoms with Crippen LogP contribution >= 0.6 is 0 Å². The Morgan fingerprint density at radius 2 is 1.60 bits per heavy atom. The van der Waals surface area contributed by atoms with E-state index < -0.39 is 34.4 Å². The van der Waals surface area contributed by atoms with E-state index in [9.17, 15) is 26.4 Å². The fraction of sp³-hybridized carbons (Fsp3) is 0.615. The summed E-state index contributed by atoms with van der Waals surface area (Å²) in [6, 6.07) is 0. The minimum atomic E-state index is -4.61. The predicted molar refractivity (Wildman–Crippen MR) is 159 cm³/mol. The van der Waals surface area contributed by atoms with Crippen molar-refractivity contribution in [1.82, 2.24) is 33.8 Å². The fourth-order valence-corrected chi connectivity index (χ4v) is 5.73. The second-order valence-corrected chi connectivity index (χ2v) is 13.7. The van der Waals surface area contributed by atoms with Gasteiger partial charge in [-0.05, 0) is 20.8 Å². The van der Waals surface area contributed by atoms with Gasteiger partial charge in [-0.25, -0.2) is 43.0 Å². The second-order valence-electron chi connectivity index (χ2n) is 11.7. The van der Waals surface area contributed by atoms with E-state index in [1.807, 2.05) is 4.90 Å². The van der Waals surface area contributed by atoms with E-state index in [0.717, 1.165) is 15.7 Å². The molecule has 0 spiro atoms. The number of carbonyl (C=O) groups excluding carboxylic acids is 1. The molecule has 0 aliphatic carbocycles. The number of sulfonamides is 1. The number of aromatic nitrogens is 6. The smallest absolute Gasteiger partial charge is 0.416 e. The van der Waals surface area contributed by atoms with E-state index in [0.29, 0.717) is 37.7 Å². The Bertz CT molecular complexity index is 1650. The number of imidazole rings is 1. The zero-order chi connectivity index (χ0) is 32.7. The molecule has 5 heterocycles. The van der Waals surface area contributed by atoms with Crippen LogP contribution in [0, 0.1) is 0 Å². The van der Waals surface area contributed by atoms with Gasteiger partial charge in [-0.15, -0.1) is 0 Å². The van der Waals surface area contributed by atoms with Crippen LogP contribution in [0.3, 0.4) is 0 Å². The van der Waals surface area contributed by atoms with Crippen LogP contribution in [0.1, 0.15) is 20.8 Å². The molecule has 0 aromatic carbocycles. The van der Waals surface area contributed by atoms with Crippen LogP contribution in [0.25, 0.3) is 22.6 Å². The zero-order valence-electron chi connectivity index (χ0n) is 25.6. The van der Waals surface area contributed by atoms with Gasteiger partial charge in [-0.2, -0.15) is 17.5 Å². The van der Waals surface area contributed by atoms with Gasteiger partial charge in [0.05, 0.1) is 25.0 Å². The number of morpholine rings is 1. The zero-order valence-corrected chi connectivity index (χ0v) is 26.4. The SMILES string of the molecule is CN(C(=O)OC(C)(C)C)c1ncc(-c2nc(N3CCOCC3)c3nc(N4CCN(S(C)(=O)=O)CC4)n(CC(F)(F)F)c3n2)cn1. The lowest BCUT2D eigenvalue weighted by atomic mass is 10.2. The third kappa shape index (κ3) is 7.52. The maximum absolute atomic E-state index is 14.0. The monoisotopic (exact) mass is 656 g/mol. The number of amides is 1. The van der Waals surface area contributed by atoms with Gasteiger partial charge in [-0.1, -0.05) is 0 Å². The van der Waals surface area contributed by atoms with E-state index >= 15 is 0 Å². The number of hydrogen-bond acceptors (Lipinski definition) is 12. The van der Waals surface area contributed by atoms with E-state index in [1.165, 1.54) is 23.7 Å². The number of nitrogens with zero attached hydrogens (tertiary/aromatic N) is 10. The molecule has 2 saturated heterocycles. The summed E-state index contributed by atoms with van der Waals surface area (Å²) in [4.78, 5) is 39.5. The first-order valence-electron chi connectivity index (χ1n) is 14.2. The van der Waals surface area contributed by atoms with Crippen LogP contribution in [0.2, 0.25) is 0 Å². The lowest BCUT2D eigenvalue weighted by Crippen LogP contribution is -2.49. The molecule has 19 heteroatoms. The van der Waals surface area contributed by atoms with E-state index in [1.54, 1.807) is 25.7 Å². The standard InChI is InChI=1S/C26H35F3N10O5S/c1-25(2,3)44-24(40)35(4)22-30-14-17(15-31-22)19-33-20(36-10-12-43-13-11-36)18-21(34-19)39(16-26(27,28)29)23(32-18)37-6-8-38(9-7-37)45(5,41)42/h14-15H,6-13,16H2,1-5H3. The molecular formula is C26H35F3N10O5S. The maximum atomic E-state index is 14.0. The number of hydrogen-bond donors (Lipinski definition) is 0. The van der Waals surface area contributed by atoms with Crippen LogP contribution in [-0.2, 0) is 26.0 Å². The minimum Gasteiger partial charge on any atom is -0.443 e. The average molecular weight is 657 g/mol. The Morgan fingerprint density at radius 3 is 2.16 bits per heavy atom. The fourth-order valence-electron chi connectivity index (χ4n) is 4.91. The summed E-state index contributed by atoms with van der Waals surface area (Å²) in [6.07, 6.45) is -1.42. The van der Waals surface area contributed by atoms with Crippen molar-refractivity contribution in [3.05, 3.63) is 12.4 Å². The lowest BCUT2D eigenvalue weighted by molar-refractivity contribution is -0.139. The summed E-state index contributed by atoms with van der Waals surface area (Å²) in [5.74, 6) is 0.444. The Kier molecular flexibility index (Phi) is 8.80. The predicted octanol–water partition coefficient (Wildman–Crippen LogP) is 2.14. The first kappa shape index (κ1) is 32.6. The second kappa shape index (κ2) is 12.2. The van der Waals surface area contributed by atoms with Crippen molar-refractivity contribution in [1.29, 1.82) is 0 Å². The van der Waals surface area contributed by atoms with Gasteiger partial charge in [0.1, 0.15) is 12.1 Å². The van der Waals surface area contributed by atoms with Crippen LogP contribution in [0.4, 0.5) is 35.7 Å². The van der Waals surface area contributed by atoms with Crippen LogP contribution < -0.4 is 14.7 Å². The highest BCUT2D eigenvalue weighted by Crippen LogP contribution is 2.34. The van der Waals surface area contributed by atoms with Gasteiger partial charge < -0.3 is 19.3 Å². The highest BCUT2D eigenvalue weighted by molar-refractivity contribution is 7.88. The summed E-state index contributed by atoms with van der Waals surface area (Å²) in [7, 11) is -2.00. The summed E-state index contributed by atoms with van der Waals surface area (Å²) in [5, 5.41) is 0. The third-order valence-electron chi connectivity index (χ3n) is 7.06. The van der Waals surface area contributed by atoms with Gasteiger partial charge in [0.2, 0.25) is 21.9 Å². The molecule has 246 valence electrons. The van der Waals surface area contributed by atoms with Crippen LogP contribution in [0.5, 0.6) is 0 Å². The molecule has 0 radical (unpaired) electrons. The number of ether oxygens (including phenoxy) is 2. The quantitative estimate of drug-likeness (QED) is 0.382. The molecule has 2 aliphatic rings. The van der Waals surface area contributed by atoms with Crippen molar-refractivity contribution >= 4 is 45.0 Å². The molecule has 15 nitrogen and oxygen atoms in total. The molecule has 0 unspecified atom stereocenters. The first-order chi connectivity index (χ1) is 21.0. The molecule has 0 bridgehead atoms. The summed E-state index contributed by atoms with van der Waals surface area (Å²) < 4.78 is 79.1. The number of alkyl halides is 3. The molecule has 2 aliphatic heterocycles. The minimum absolute atomic E-state index is 0.0158. The molecule has 5 rings (SSSR count). The highest BCUT2D eigenvalue weighted by Gasteiger charge is 2.35. The van der Waals surface area contributed by atoms with Crippen molar-refractivity contribution in [2.24, 2.45) is 0 Å². The highest BCUT2D eigenvalue weighted by atomic mass is 32.2. The Balaban J connectivity index is 1.58. The number of halogens is 3. The Hall–Kier alpha value is -3.84. The van der Waals surface area contributed by atoms with Gasteiger partial charge in [0.15, 0.2) is 22.8 Å². The Morgan fingerprint density at radius 1 is 0.978 bits per heavy atom. The molecule has 0 N–H and O–H groups in total. The molecule has 2 fully saturated rings. The topological polar surface area (TPSA) is 152 Å². The summed E-state index contributed by atoms with van der Waals surface area (Å²) >= 11 is 0. The molecule has 3 aromatic heterocycles. The summed E-state index contributed by atoms with van der Waals surface area (Å²) in [6.45, 7) is 5.92. The average Bonchev–Trinajstić information content (AvgIpc) is 3.32. The third-order valence-corrected chi connectivity index (χ3v) is 8.36. The van der Waals surface area contributed by atoms with Gasteiger partial charge in [0, 0.05) is 58.7 Å². The number of fused-ring (bicyclic) bond motifs is 1. The van der Waals surface area contributed by atoms with Gasteiger partial charge >= 0.3 is 12.3 Å². The van der Waals surface area contributed by atoms with Gasteiger partial charge in [-0.3, -0.25) is 4.57 Å². The van der Waals surface area contributed by atoms with Crippen LogP contribution in [0.15, 0.2) is 12.4 Å². The normalized spacial score (nSPS) is 17.2. The molecule has 0 saturated carbocycles. The van der Waals surface area contributed by atoms with Crippen molar-refractivity contribution in [2.45, 2.75) is 39.1 Å². The van der Waals surface area contributed by atoms with Crippen molar-refractivity contribution in [2.75, 3.05) is 80.5 Å². The van der Waals surface area contributed by atoms with E-state index in [4.69, 9.17) is 14.5 Å². The molecule has 45 heavy (non-hydrogen) atoms. The van der Waals surface area contributed by atoms with Crippen molar-refractivity contribution < 1.29 is 35.9 Å². The van der Waals surface area contributed by atoms with Crippen LogP contribution in [-0.4, -0.2) is 126 Å². The Labute approximate surface area is 258 Å². The molecule has 3 aromatic rings. The summed E-state index contributed by atoms with van der Waals surface area (Å²) in [5.41, 5.74) is -0.304. The number of rotatable bonds is 6. The van der Waals surface area contributed by atoms with Gasteiger partial charge in [0.25, 0.3) is 0 Å². The number of anilines is 3. The maximum Gasteiger partial charge on any atom is 0.416 e. The lowest BCUT2D eigenvalue weighted by Gasteiger charge is -2.34. The molecule has 0 atom stereocenters. The first-order valence-corrected chi connectivity index (χ1v) is 16.0. The largest absolute Gasteiger partial charge is 0.443 e. The van der Waals surface area contributed by atoms with Crippen molar-refractivity contribution in [3.8, 4) is 11.4 Å². The van der Waals surface area contributed by atoms with E-state index in [-0.39, 0.29) is 55.1 Å². The van der Waals surface area contributed by atoms with E-state index in [2.05, 4.69) is 19.9 Å².